The maximum Gasteiger partial charge on any atom is 0.431 e. The number of non-ortho nitro benzene ring substituents is 1. The third-order valence-electron chi connectivity index (χ3n) is 3.46. The van der Waals surface area contributed by atoms with Crippen LogP contribution in [0.3, 0.4) is 0 Å². The highest BCUT2D eigenvalue weighted by Gasteiger charge is 2.32. The first-order chi connectivity index (χ1) is 12.7. The van der Waals surface area contributed by atoms with Gasteiger partial charge in [0.15, 0.2) is 0 Å². The molecule has 3 rings (SSSR count). The quantitative estimate of drug-likeness (QED) is 0.544. The molecule has 0 saturated heterocycles. The van der Waals surface area contributed by atoms with Crippen molar-refractivity contribution >= 4 is 17.8 Å². The van der Waals surface area contributed by atoms with Gasteiger partial charge >= 0.3 is 11.9 Å². The topological polar surface area (TPSA) is 102 Å². The number of benzene rings is 1. The SMILES string of the molecule is O=c1nc(C=Cc2ccc(-c3cccc([N+](=O)[O-])c3)o2)cc(C(F)(F)F)[nH]1. The molecule has 10 heteroatoms. The summed E-state index contributed by atoms with van der Waals surface area (Å²) in [5, 5.41) is 10.8. The van der Waals surface area contributed by atoms with Crippen molar-refractivity contribution in [2.45, 2.75) is 6.18 Å². The lowest BCUT2D eigenvalue weighted by Gasteiger charge is -2.05. The smallest absolute Gasteiger partial charge is 0.431 e. The van der Waals surface area contributed by atoms with Gasteiger partial charge in [-0.15, -0.1) is 0 Å². The van der Waals surface area contributed by atoms with Gasteiger partial charge in [-0.05, 0) is 30.4 Å². The van der Waals surface area contributed by atoms with Crippen molar-refractivity contribution < 1.29 is 22.5 Å². The summed E-state index contributed by atoms with van der Waals surface area (Å²) in [7, 11) is 0. The summed E-state index contributed by atoms with van der Waals surface area (Å²) in [6, 6.07) is 9.58. The molecule has 138 valence electrons. The molecule has 0 unspecified atom stereocenters. The van der Waals surface area contributed by atoms with Crippen LogP contribution in [0.25, 0.3) is 23.5 Å². The van der Waals surface area contributed by atoms with Crippen LogP contribution in [0.15, 0.2) is 51.7 Å². The summed E-state index contributed by atoms with van der Waals surface area (Å²) in [5.41, 5.74) is -2.16. The molecule has 2 heterocycles. The molecule has 0 amide bonds. The fourth-order valence-corrected chi connectivity index (χ4v) is 2.25. The van der Waals surface area contributed by atoms with Crippen molar-refractivity contribution in [1.82, 2.24) is 9.97 Å². The molecule has 0 bridgehead atoms. The fourth-order valence-electron chi connectivity index (χ4n) is 2.25. The van der Waals surface area contributed by atoms with Crippen molar-refractivity contribution in [2.75, 3.05) is 0 Å². The van der Waals surface area contributed by atoms with Gasteiger partial charge in [0.05, 0.1) is 10.6 Å². The number of rotatable bonds is 4. The molecule has 2 aromatic heterocycles. The molecular formula is C17H10F3N3O4. The first-order valence-electron chi connectivity index (χ1n) is 7.44. The van der Waals surface area contributed by atoms with E-state index in [-0.39, 0.29) is 17.1 Å². The largest absolute Gasteiger partial charge is 0.457 e. The number of aromatic nitrogens is 2. The van der Waals surface area contributed by atoms with Crippen molar-refractivity contribution in [3.63, 3.8) is 0 Å². The summed E-state index contributed by atoms with van der Waals surface area (Å²) in [6.07, 6.45) is -2.17. The van der Waals surface area contributed by atoms with Gasteiger partial charge in [0.25, 0.3) is 5.69 Å². The van der Waals surface area contributed by atoms with E-state index in [1.165, 1.54) is 36.4 Å². The lowest BCUT2D eigenvalue weighted by Crippen LogP contribution is -2.19. The summed E-state index contributed by atoms with van der Waals surface area (Å²) in [5.74, 6) is 0.611. The Balaban J connectivity index is 1.86. The molecule has 27 heavy (non-hydrogen) atoms. The molecule has 1 N–H and O–H groups in total. The maximum absolute atomic E-state index is 12.7. The third kappa shape index (κ3) is 4.29. The zero-order valence-corrected chi connectivity index (χ0v) is 13.4. The van der Waals surface area contributed by atoms with Gasteiger partial charge in [0.2, 0.25) is 0 Å². The highest BCUT2D eigenvalue weighted by Crippen LogP contribution is 2.28. The third-order valence-corrected chi connectivity index (χ3v) is 3.46. The zero-order chi connectivity index (χ0) is 19.6. The number of H-pyrrole nitrogens is 1. The van der Waals surface area contributed by atoms with Crippen molar-refractivity contribution in [1.29, 1.82) is 0 Å². The fraction of sp³-hybridized carbons (Fsp3) is 0.0588. The molecule has 0 saturated carbocycles. The van der Waals surface area contributed by atoms with Crippen molar-refractivity contribution in [2.24, 2.45) is 0 Å². The Labute approximate surface area is 148 Å². The number of nitro benzene ring substituents is 1. The Morgan fingerprint density at radius 3 is 2.63 bits per heavy atom. The van der Waals surface area contributed by atoms with E-state index in [1.807, 2.05) is 0 Å². The second kappa shape index (κ2) is 6.90. The highest BCUT2D eigenvalue weighted by molar-refractivity contribution is 5.68. The molecule has 0 spiro atoms. The highest BCUT2D eigenvalue weighted by atomic mass is 19.4. The Morgan fingerprint density at radius 1 is 1.15 bits per heavy atom. The van der Waals surface area contributed by atoms with Crippen LogP contribution in [0.5, 0.6) is 0 Å². The molecule has 0 atom stereocenters. The standard InChI is InChI=1S/C17H10F3N3O4/c18-17(19,20)15-9-11(21-16(24)22-15)4-5-13-6-7-14(27-13)10-2-1-3-12(8-10)23(25)26/h1-9H,(H,21,22,24). The van der Waals surface area contributed by atoms with Gasteiger partial charge in [0, 0.05) is 17.7 Å². The van der Waals surface area contributed by atoms with Crippen LogP contribution in [0, 0.1) is 10.1 Å². The van der Waals surface area contributed by atoms with E-state index in [0.29, 0.717) is 17.4 Å². The summed E-state index contributed by atoms with van der Waals surface area (Å²) >= 11 is 0. The van der Waals surface area contributed by atoms with Gasteiger partial charge in [-0.3, -0.25) is 10.1 Å². The normalized spacial score (nSPS) is 11.8. The lowest BCUT2D eigenvalue weighted by atomic mass is 10.1. The molecule has 0 aliphatic heterocycles. The average Bonchev–Trinajstić information content (AvgIpc) is 3.08. The van der Waals surface area contributed by atoms with E-state index in [1.54, 1.807) is 17.1 Å². The van der Waals surface area contributed by atoms with Gasteiger partial charge < -0.3 is 9.40 Å². The summed E-state index contributed by atoms with van der Waals surface area (Å²) < 4.78 is 43.6. The van der Waals surface area contributed by atoms with Gasteiger partial charge in [-0.1, -0.05) is 12.1 Å². The van der Waals surface area contributed by atoms with Crippen molar-refractivity contribution in [3.8, 4) is 11.3 Å². The van der Waals surface area contributed by atoms with E-state index in [0.717, 1.165) is 0 Å². The van der Waals surface area contributed by atoms with Crippen LogP contribution in [-0.4, -0.2) is 14.9 Å². The van der Waals surface area contributed by atoms with Crippen LogP contribution < -0.4 is 5.69 Å². The number of hydrogen-bond acceptors (Lipinski definition) is 5. The van der Waals surface area contributed by atoms with Gasteiger partial charge in [-0.2, -0.15) is 18.2 Å². The monoisotopic (exact) mass is 377 g/mol. The number of halogens is 3. The Morgan fingerprint density at radius 2 is 1.93 bits per heavy atom. The second-order valence-corrected chi connectivity index (χ2v) is 5.37. The number of nitro groups is 1. The molecule has 0 fully saturated rings. The molecule has 1 aromatic carbocycles. The summed E-state index contributed by atoms with van der Waals surface area (Å²) in [4.78, 5) is 26.6. The number of aromatic amines is 1. The molecule has 0 radical (unpaired) electrons. The van der Waals surface area contributed by atoms with Crippen LogP contribution >= 0.6 is 0 Å². The number of nitrogens with one attached hydrogen (secondary N) is 1. The van der Waals surface area contributed by atoms with Gasteiger partial charge in [-0.25, -0.2) is 4.79 Å². The van der Waals surface area contributed by atoms with E-state index >= 15 is 0 Å². The van der Waals surface area contributed by atoms with Crippen LogP contribution in [-0.2, 0) is 6.18 Å². The first kappa shape index (κ1) is 18.1. The number of alkyl halides is 3. The molecular weight excluding hydrogens is 367 g/mol. The number of nitrogens with zero attached hydrogens (tertiary/aromatic N) is 2. The van der Waals surface area contributed by atoms with E-state index in [9.17, 15) is 28.1 Å². The minimum atomic E-state index is -4.70. The lowest BCUT2D eigenvalue weighted by molar-refractivity contribution is -0.384. The minimum Gasteiger partial charge on any atom is -0.457 e. The van der Waals surface area contributed by atoms with E-state index in [2.05, 4.69) is 4.98 Å². The van der Waals surface area contributed by atoms with Crippen LogP contribution in [0.1, 0.15) is 17.1 Å². The predicted octanol–water partition coefficient (Wildman–Crippen LogP) is 4.13. The molecule has 3 aromatic rings. The molecule has 7 nitrogen and oxygen atoms in total. The van der Waals surface area contributed by atoms with Crippen molar-refractivity contribution in [3.05, 3.63) is 80.2 Å². The zero-order valence-electron chi connectivity index (χ0n) is 13.4. The van der Waals surface area contributed by atoms with E-state index in [4.69, 9.17) is 4.42 Å². The number of furan rings is 1. The summed E-state index contributed by atoms with van der Waals surface area (Å²) in [6.45, 7) is 0. The van der Waals surface area contributed by atoms with E-state index < -0.39 is 22.5 Å². The maximum atomic E-state index is 12.7. The molecule has 0 aliphatic carbocycles. The van der Waals surface area contributed by atoms with Gasteiger partial charge in [0.1, 0.15) is 17.2 Å². The second-order valence-electron chi connectivity index (χ2n) is 5.37. The van der Waals surface area contributed by atoms with Crippen LogP contribution in [0.2, 0.25) is 0 Å². The number of hydrogen-bond donors (Lipinski definition) is 1. The van der Waals surface area contributed by atoms with Crippen LogP contribution in [0.4, 0.5) is 18.9 Å². The first-order valence-corrected chi connectivity index (χ1v) is 7.44. The Bertz CT molecular complexity index is 1080. The predicted molar refractivity (Wildman–Crippen MR) is 89.6 cm³/mol. The average molecular weight is 377 g/mol. The minimum absolute atomic E-state index is 0.103. The Kier molecular flexibility index (Phi) is 4.63. The Hall–Kier alpha value is -3.69. The molecule has 0 aliphatic rings.